The van der Waals surface area contributed by atoms with E-state index in [1.54, 1.807) is 31.4 Å². The quantitative estimate of drug-likeness (QED) is 0.922. The molecule has 0 radical (unpaired) electrons. The van der Waals surface area contributed by atoms with Gasteiger partial charge < -0.3 is 15.0 Å². The first-order chi connectivity index (χ1) is 11.3. The number of benzene rings is 1. The molecule has 0 spiro atoms. The van der Waals surface area contributed by atoms with E-state index in [0.29, 0.717) is 25.1 Å². The molecule has 1 aliphatic heterocycles. The highest BCUT2D eigenvalue weighted by Gasteiger charge is 2.25. The van der Waals surface area contributed by atoms with Crippen LogP contribution in [-0.4, -0.2) is 43.0 Å². The molecule has 1 aromatic rings. The van der Waals surface area contributed by atoms with Gasteiger partial charge in [-0.1, -0.05) is 20.8 Å². The number of rotatable bonds is 4. The van der Waals surface area contributed by atoms with E-state index in [1.165, 1.54) is 0 Å². The van der Waals surface area contributed by atoms with E-state index in [4.69, 9.17) is 4.74 Å². The number of nitrogens with zero attached hydrogens (tertiary/aromatic N) is 1. The minimum absolute atomic E-state index is 0.00484. The Morgan fingerprint density at radius 1 is 1.17 bits per heavy atom. The fourth-order valence-corrected chi connectivity index (χ4v) is 2.90. The van der Waals surface area contributed by atoms with Gasteiger partial charge in [0.15, 0.2) is 0 Å². The van der Waals surface area contributed by atoms with E-state index in [-0.39, 0.29) is 23.3 Å². The van der Waals surface area contributed by atoms with Gasteiger partial charge in [0.25, 0.3) is 5.91 Å². The Bertz CT molecular complexity index is 567. The molecule has 0 bridgehead atoms. The van der Waals surface area contributed by atoms with Crippen molar-refractivity contribution in [2.75, 3.05) is 20.2 Å². The van der Waals surface area contributed by atoms with E-state index >= 15 is 0 Å². The third-order valence-corrected chi connectivity index (χ3v) is 4.18. The van der Waals surface area contributed by atoms with Crippen LogP contribution in [0, 0.1) is 5.41 Å². The number of carbonyl (C=O) groups is 2. The summed E-state index contributed by atoms with van der Waals surface area (Å²) in [7, 11) is 1.61. The average Bonchev–Trinajstić information content (AvgIpc) is 2.53. The van der Waals surface area contributed by atoms with Crippen molar-refractivity contribution in [3.63, 3.8) is 0 Å². The summed E-state index contributed by atoms with van der Waals surface area (Å²) in [4.78, 5) is 26.4. The molecule has 5 heteroatoms. The highest BCUT2D eigenvalue weighted by molar-refractivity contribution is 5.94. The van der Waals surface area contributed by atoms with Crippen molar-refractivity contribution in [3.05, 3.63) is 29.8 Å². The summed E-state index contributed by atoms with van der Waals surface area (Å²) in [6, 6.07) is 7.34. The minimum atomic E-state index is -0.00484. The summed E-state index contributed by atoms with van der Waals surface area (Å²) in [5, 5.41) is 3.10. The lowest BCUT2D eigenvalue weighted by atomic mass is 9.91. The molecule has 132 valence electrons. The molecule has 1 fully saturated rings. The topological polar surface area (TPSA) is 58.6 Å². The van der Waals surface area contributed by atoms with Crippen LogP contribution in [0.3, 0.4) is 0 Å². The molecule has 24 heavy (non-hydrogen) atoms. The summed E-state index contributed by atoms with van der Waals surface area (Å²) in [5.74, 6) is 0.881. The Morgan fingerprint density at radius 3 is 2.25 bits per heavy atom. The number of ether oxygens (including phenoxy) is 1. The van der Waals surface area contributed by atoms with Crippen LogP contribution in [0.1, 0.15) is 50.4 Å². The normalized spacial score (nSPS) is 15.9. The van der Waals surface area contributed by atoms with Gasteiger partial charge in [0, 0.05) is 31.1 Å². The van der Waals surface area contributed by atoms with Gasteiger partial charge in [-0.3, -0.25) is 9.59 Å². The third-order valence-electron chi connectivity index (χ3n) is 4.18. The minimum Gasteiger partial charge on any atom is -0.497 e. The van der Waals surface area contributed by atoms with Gasteiger partial charge in [0.2, 0.25) is 5.91 Å². The summed E-state index contributed by atoms with van der Waals surface area (Å²) in [6.45, 7) is 7.52. The molecule has 0 atom stereocenters. The van der Waals surface area contributed by atoms with Gasteiger partial charge >= 0.3 is 0 Å². The molecule has 2 amide bonds. The molecule has 0 aliphatic carbocycles. The molecule has 1 aliphatic rings. The number of likely N-dealkylation sites (tertiary alicyclic amines) is 1. The van der Waals surface area contributed by atoms with Crippen LogP contribution in [0.2, 0.25) is 0 Å². The summed E-state index contributed by atoms with van der Waals surface area (Å²) in [5.41, 5.74) is 0.667. The number of hydrogen-bond acceptors (Lipinski definition) is 3. The molecule has 1 heterocycles. The van der Waals surface area contributed by atoms with Crippen LogP contribution in [0.4, 0.5) is 0 Å². The number of carbonyl (C=O) groups excluding carboxylic acids is 2. The maximum absolute atomic E-state index is 12.5. The number of amides is 2. The van der Waals surface area contributed by atoms with Crippen LogP contribution in [0.15, 0.2) is 24.3 Å². The first-order valence-electron chi connectivity index (χ1n) is 8.51. The lowest BCUT2D eigenvalue weighted by molar-refractivity contribution is -0.123. The second kappa shape index (κ2) is 7.69. The standard InChI is InChI=1S/C19H28N2O3/c1-19(2,3)13-17(22)20-15-9-11-21(12-10-15)18(23)14-5-7-16(24-4)8-6-14/h5-8,15H,9-13H2,1-4H3,(H,20,22). The average molecular weight is 332 g/mol. The van der Waals surface area contributed by atoms with Crippen molar-refractivity contribution < 1.29 is 14.3 Å². The Hall–Kier alpha value is -2.04. The Balaban J connectivity index is 1.83. The first-order valence-corrected chi connectivity index (χ1v) is 8.51. The maximum Gasteiger partial charge on any atom is 0.253 e. The lowest BCUT2D eigenvalue weighted by Crippen LogP contribution is -2.47. The maximum atomic E-state index is 12.5. The van der Waals surface area contributed by atoms with Crippen LogP contribution < -0.4 is 10.1 Å². The summed E-state index contributed by atoms with van der Waals surface area (Å²) < 4.78 is 5.11. The molecule has 1 aromatic carbocycles. The van der Waals surface area contributed by atoms with Crippen LogP contribution in [0.25, 0.3) is 0 Å². The number of methoxy groups -OCH3 is 1. The van der Waals surface area contributed by atoms with Crippen molar-refractivity contribution in [1.29, 1.82) is 0 Å². The van der Waals surface area contributed by atoms with E-state index in [0.717, 1.165) is 18.6 Å². The van der Waals surface area contributed by atoms with Gasteiger partial charge in [-0.2, -0.15) is 0 Å². The van der Waals surface area contributed by atoms with Crippen molar-refractivity contribution in [2.24, 2.45) is 5.41 Å². The number of piperidine rings is 1. The largest absolute Gasteiger partial charge is 0.497 e. The molecule has 1 saturated heterocycles. The second-order valence-corrected chi connectivity index (χ2v) is 7.60. The summed E-state index contributed by atoms with van der Waals surface area (Å²) in [6.07, 6.45) is 2.13. The zero-order valence-electron chi connectivity index (χ0n) is 15.1. The highest BCUT2D eigenvalue weighted by Crippen LogP contribution is 2.20. The molecule has 0 aromatic heterocycles. The van der Waals surface area contributed by atoms with Crippen molar-refractivity contribution in [1.82, 2.24) is 10.2 Å². The van der Waals surface area contributed by atoms with Gasteiger partial charge in [0.05, 0.1) is 7.11 Å². The van der Waals surface area contributed by atoms with Crippen LogP contribution in [-0.2, 0) is 4.79 Å². The van der Waals surface area contributed by atoms with E-state index < -0.39 is 0 Å². The van der Waals surface area contributed by atoms with Crippen LogP contribution in [0.5, 0.6) is 5.75 Å². The van der Waals surface area contributed by atoms with Crippen molar-refractivity contribution in [2.45, 2.75) is 46.1 Å². The van der Waals surface area contributed by atoms with Gasteiger partial charge in [0.1, 0.15) is 5.75 Å². The Labute approximate surface area is 144 Å². The van der Waals surface area contributed by atoms with Crippen molar-refractivity contribution >= 4 is 11.8 Å². The third kappa shape index (κ3) is 5.25. The fourth-order valence-electron chi connectivity index (χ4n) is 2.90. The second-order valence-electron chi connectivity index (χ2n) is 7.60. The SMILES string of the molecule is COc1ccc(C(=O)N2CCC(NC(=O)CC(C)(C)C)CC2)cc1. The molecular formula is C19H28N2O3. The van der Waals surface area contributed by atoms with E-state index in [2.05, 4.69) is 26.1 Å². The molecular weight excluding hydrogens is 304 g/mol. The first kappa shape index (κ1) is 18.3. The zero-order valence-corrected chi connectivity index (χ0v) is 15.1. The predicted molar refractivity (Wildman–Crippen MR) is 94.1 cm³/mol. The molecule has 5 nitrogen and oxygen atoms in total. The molecule has 1 N–H and O–H groups in total. The highest BCUT2D eigenvalue weighted by atomic mass is 16.5. The predicted octanol–water partition coefficient (Wildman–Crippen LogP) is 2.85. The molecule has 0 saturated carbocycles. The molecule has 2 rings (SSSR count). The number of nitrogens with one attached hydrogen (secondary N) is 1. The van der Waals surface area contributed by atoms with Crippen molar-refractivity contribution in [3.8, 4) is 5.75 Å². The summed E-state index contributed by atoms with van der Waals surface area (Å²) >= 11 is 0. The lowest BCUT2D eigenvalue weighted by Gasteiger charge is -2.33. The van der Waals surface area contributed by atoms with Gasteiger partial charge in [-0.05, 0) is 42.5 Å². The Kier molecular flexibility index (Phi) is 5.86. The monoisotopic (exact) mass is 332 g/mol. The molecule has 0 unspecified atom stereocenters. The smallest absolute Gasteiger partial charge is 0.253 e. The van der Waals surface area contributed by atoms with E-state index in [1.807, 2.05) is 4.90 Å². The number of hydrogen-bond donors (Lipinski definition) is 1. The van der Waals surface area contributed by atoms with Crippen LogP contribution >= 0.6 is 0 Å². The zero-order chi connectivity index (χ0) is 17.7. The fraction of sp³-hybridized carbons (Fsp3) is 0.579. The van der Waals surface area contributed by atoms with Gasteiger partial charge in [-0.15, -0.1) is 0 Å². The van der Waals surface area contributed by atoms with Gasteiger partial charge in [-0.25, -0.2) is 0 Å². The van der Waals surface area contributed by atoms with E-state index in [9.17, 15) is 9.59 Å². The Morgan fingerprint density at radius 2 is 1.75 bits per heavy atom.